The molecule has 0 atom stereocenters. The van der Waals surface area contributed by atoms with Crippen molar-refractivity contribution in [2.24, 2.45) is 0 Å². The van der Waals surface area contributed by atoms with Gasteiger partial charge in [0.05, 0.1) is 28.9 Å². The van der Waals surface area contributed by atoms with Crippen LogP contribution in [0.15, 0.2) is 83.8 Å². The fourth-order valence-corrected chi connectivity index (χ4v) is 3.99. The zero-order valence-corrected chi connectivity index (χ0v) is 16.3. The molecule has 0 aliphatic heterocycles. The summed E-state index contributed by atoms with van der Waals surface area (Å²) in [5.74, 6) is 0.0776. The summed E-state index contributed by atoms with van der Waals surface area (Å²) in [4.78, 5) is 13.0. The maximum absolute atomic E-state index is 12.9. The van der Waals surface area contributed by atoms with Crippen LogP contribution >= 0.6 is 0 Å². The third-order valence-electron chi connectivity index (χ3n) is 4.24. The quantitative estimate of drug-likeness (QED) is 0.688. The summed E-state index contributed by atoms with van der Waals surface area (Å²) in [5, 5.41) is 2.78. The van der Waals surface area contributed by atoms with Crippen molar-refractivity contribution >= 4 is 27.3 Å². The number of nitrogens with one attached hydrogen (secondary N) is 1. The molecule has 3 rings (SSSR count). The van der Waals surface area contributed by atoms with Gasteiger partial charge in [-0.1, -0.05) is 42.5 Å². The van der Waals surface area contributed by atoms with E-state index in [9.17, 15) is 13.2 Å². The van der Waals surface area contributed by atoms with Gasteiger partial charge in [-0.2, -0.15) is 0 Å². The summed E-state index contributed by atoms with van der Waals surface area (Å²) in [7, 11) is -0.864. The Balaban J connectivity index is 1.96. The van der Waals surface area contributed by atoms with Gasteiger partial charge >= 0.3 is 0 Å². The van der Waals surface area contributed by atoms with E-state index in [1.54, 1.807) is 66.7 Å². The number of benzene rings is 3. The molecule has 0 aliphatic carbocycles. The average molecular weight is 396 g/mol. The van der Waals surface area contributed by atoms with Gasteiger partial charge in [0, 0.05) is 7.05 Å². The van der Waals surface area contributed by atoms with E-state index in [-0.39, 0.29) is 16.1 Å². The first-order valence-corrected chi connectivity index (χ1v) is 9.96. The van der Waals surface area contributed by atoms with Crippen molar-refractivity contribution in [3.63, 3.8) is 0 Å². The Bertz CT molecular complexity index is 1080. The van der Waals surface area contributed by atoms with E-state index in [1.165, 1.54) is 26.3 Å². The lowest BCUT2D eigenvalue weighted by molar-refractivity contribution is 0.102. The Labute approximate surface area is 164 Å². The SMILES string of the molecule is COc1ccccc1NC(=O)c1ccccc1N(C)S(=O)(=O)c1ccccc1. The molecule has 3 aromatic rings. The van der Waals surface area contributed by atoms with Crippen molar-refractivity contribution in [1.29, 1.82) is 0 Å². The van der Waals surface area contributed by atoms with Crippen LogP contribution in [-0.2, 0) is 10.0 Å². The number of carbonyl (C=O) groups is 1. The highest BCUT2D eigenvalue weighted by Gasteiger charge is 2.25. The predicted octanol–water partition coefficient (Wildman–Crippen LogP) is 3.77. The Morgan fingerprint density at radius 1 is 0.893 bits per heavy atom. The van der Waals surface area contributed by atoms with Crippen LogP contribution in [0.4, 0.5) is 11.4 Å². The standard InChI is InChI=1S/C21H20N2O4S/c1-23(28(25,26)16-10-4-3-5-11-16)19-14-8-6-12-17(19)21(24)22-18-13-7-9-15-20(18)27-2/h3-15H,1-2H3,(H,22,24). The van der Waals surface area contributed by atoms with Gasteiger partial charge in [-0.25, -0.2) is 8.42 Å². The molecule has 3 aromatic carbocycles. The number of hydrogen-bond donors (Lipinski definition) is 1. The number of methoxy groups -OCH3 is 1. The van der Waals surface area contributed by atoms with Crippen molar-refractivity contribution in [1.82, 2.24) is 0 Å². The summed E-state index contributed by atoms with van der Waals surface area (Å²) in [5.41, 5.74) is 1.01. The number of nitrogens with zero attached hydrogens (tertiary/aromatic N) is 1. The Kier molecular flexibility index (Phi) is 5.65. The highest BCUT2D eigenvalue weighted by atomic mass is 32.2. The summed E-state index contributed by atoms with van der Waals surface area (Å²) in [6, 6.07) is 21.6. The molecule has 6 nitrogen and oxygen atoms in total. The van der Waals surface area contributed by atoms with Gasteiger partial charge in [0.25, 0.3) is 15.9 Å². The first kappa shape index (κ1) is 19.4. The van der Waals surface area contributed by atoms with Gasteiger partial charge in [0.2, 0.25) is 0 Å². The molecule has 0 unspecified atom stereocenters. The highest BCUT2D eigenvalue weighted by Crippen LogP contribution is 2.28. The number of anilines is 2. The third-order valence-corrected chi connectivity index (χ3v) is 6.03. The first-order chi connectivity index (χ1) is 13.4. The predicted molar refractivity (Wildman–Crippen MR) is 109 cm³/mol. The molecule has 0 saturated carbocycles. The molecule has 0 fully saturated rings. The normalized spacial score (nSPS) is 10.9. The lowest BCUT2D eigenvalue weighted by Gasteiger charge is -2.22. The van der Waals surface area contributed by atoms with Crippen molar-refractivity contribution in [3.8, 4) is 5.75 Å². The van der Waals surface area contributed by atoms with Crippen molar-refractivity contribution in [2.75, 3.05) is 23.8 Å². The van der Waals surface area contributed by atoms with Crippen LogP contribution in [0.1, 0.15) is 10.4 Å². The zero-order chi connectivity index (χ0) is 20.1. The van der Waals surface area contributed by atoms with Gasteiger partial charge in [0.15, 0.2) is 0 Å². The van der Waals surface area contributed by atoms with E-state index >= 15 is 0 Å². The Morgan fingerprint density at radius 2 is 1.50 bits per heavy atom. The molecule has 0 saturated heterocycles. The summed E-state index contributed by atoms with van der Waals surface area (Å²) < 4.78 is 32.2. The van der Waals surface area contributed by atoms with E-state index in [2.05, 4.69) is 5.32 Å². The monoisotopic (exact) mass is 396 g/mol. The van der Waals surface area contributed by atoms with Crippen LogP contribution in [-0.4, -0.2) is 28.5 Å². The minimum atomic E-state index is -3.81. The fraction of sp³-hybridized carbons (Fsp3) is 0.0952. The molecule has 28 heavy (non-hydrogen) atoms. The number of sulfonamides is 1. The number of ether oxygens (including phenoxy) is 1. The molecular weight excluding hydrogens is 376 g/mol. The van der Waals surface area contributed by atoms with E-state index < -0.39 is 15.9 Å². The van der Waals surface area contributed by atoms with E-state index in [0.717, 1.165) is 4.31 Å². The number of para-hydroxylation sites is 3. The molecule has 1 amide bonds. The smallest absolute Gasteiger partial charge is 0.264 e. The van der Waals surface area contributed by atoms with Crippen LogP contribution in [0.2, 0.25) is 0 Å². The average Bonchev–Trinajstić information content (AvgIpc) is 2.74. The van der Waals surface area contributed by atoms with Crippen LogP contribution in [0.3, 0.4) is 0 Å². The topological polar surface area (TPSA) is 75.7 Å². The van der Waals surface area contributed by atoms with Gasteiger partial charge in [-0.05, 0) is 36.4 Å². The van der Waals surface area contributed by atoms with E-state index in [4.69, 9.17) is 4.74 Å². The van der Waals surface area contributed by atoms with Crippen LogP contribution in [0.5, 0.6) is 5.75 Å². The van der Waals surface area contributed by atoms with E-state index in [0.29, 0.717) is 11.4 Å². The molecular formula is C21H20N2O4S. The largest absolute Gasteiger partial charge is 0.495 e. The number of carbonyl (C=O) groups excluding carboxylic acids is 1. The van der Waals surface area contributed by atoms with Gasteiger partial charge in [0.1, 0.15) is 5.75 Å². The van der Waals surface area contributed by atoms with Crippen LogP contribution in [0.25, 0.3) is 0 Å². The number of amides is 1. The maximum Gasteiger partial charge on any atom is 0.264 e. The lowest BCUT2D eigenvalue weighted by Crippen LogP contribution is -2.29. The number of rotatable bonds is 6. The molecule has 144 valence electrons. The fourth-order valence-electron chi connectivity index (χ4n) is 2.76. The van der Waals surface area contributed by atoms with E-state index in [1.807, 2.05) is 0 Å². The summed E-state index contributed by atoms with van der Waals surface area (Å²) in [6.07, 6.45) is 0. The van der Waals surface area contributed by atoms with Crippen molar-refractivity contribution in [3.05, 3.63) is 84.4 Å². The zero-order valence-electron chi connectivity index (χ0n) is 15.5. The second-order valence-electron chi connectivity index (χ2n) is 5.96. The van der Waals surface area contributed by atoms with Gasteiger partial charge in [-0.3, -0.25) is 9.10 Å². The molecule has 0 bridgehead atoms. The van der Waals surface area contributed by atoms with Crippen molar-refractivity contribution < 1.29 is 17.9 Å². The van der Waals surface area contributed by atoms with Crippen molar-refractivity contribution in [2.45, 2.75) is 4.90 Å². The first-order valence-electron chi connectivity index (χ1n) is 8.52. The minimum absolute atomic E-state index is 0.150. The molecule has 1 N–H and O–H groups in total. The molecule has 0 aromatic heterocycles. The Morgan fingerprint density at radius 3 is 2.21 bits per heavy atom. The second-order valence-corrected chi connectivity index (χ2v) is 7.93. The van der Waals surface area contributed by atoms with Gasteiger partial charge < -0.3 is 10.1 Å². The molecule has 0 aliphatic rings. The molecule has 0 heterocycles. The second kappa shape index (κ2) is 8.14. The molecule has 7 heteroatoms. The summed E-state index contributed by atoms with van der Waals surface area (Å²) >= 11 is 0. The lowest BCUT2D eigenvalue weighted by atomic mass is 10.1. The maximum atomic E-state index is 12.9. The minimum Gasteiger partial charge on any atom is -0.495 e. The third kappa shape index (κ3) is 3.84. The highest BCUT2D eigenvalue weighted by molar-refractivity contribution is 7.92. The Hall–Kier alpha value is -3.32. The summed E-state index contributed by atoms with van der Waals surface area (Å²) in [6.45, 7) is 0. The molecule has 0 spiro atoms. The number of hydrogen-bond acceptors (Lipinski definition) is 4. The van der Waals surface area contributed by atoms with Crippen LogP contribution in [0, 0.1) is 0 Å². The van der Waals surface area contributed by atoms with Gasteiger partial charge in [-0.15, -0.1) is 0 Å². The molecule has 0 radical (unpaired) electrons. The van der Waals surface area contributed by atoms with Crippen LogP contribution < -0.4 is 14.4 Å².